The summed E-state index contributed by atoms with van der Waals surface area (Å²) in [5.41, 5.74) is -5.09. The zero-order valence-electron chi connectivity index (χ0n) is 24.1. The minimum atomic E-state index is -1.36. The van der Waals surface area contributed by atoms with E-state index in [1.807, 2.05) is 0 Å². The van der Waals surface area contributed by atoms with Gasteiger partial charge in [-0.15, -0.1) is 0 Å². The molecule has 0 bridgehead atoms. The Labute approximate surface area is 243 Å². The monoisotopic (exact) mass is 592 g/mol. The standard InChI is InChI=1S/C28H40N4O10/c1-2-3-4-5-6-7-8-9-10-11-12-13-14-15-16-17-20-42-28-26(32(40)41)25(31(38)39)23-21(27(28)33)18-19-22(29(34)35)24(23)30(36)37/h18-19,33H,2-17,20H2,1H3. The van der Waals surface area contributed by atoms with Crippen molar-refractivity contribution in [1.82, 2.24) is 0 Å². The predicted molar refractivity (Wildman–Crippen MR) is 157 cm³/mol. The van der Waals surface area contributed by atoms with Gasteiger partial charge in [0.15, 0.2) is 11.1 Å². The van der Waals surface area contributed by atoms with Crippen molar-refractivity contribution in [3.8, 4) is 11.5 Å². The van der Waals surface area contributed by atoms with Gasteiger partial charge < -0.3 is 9.84 Å². The number of nitro benzene ring substituents is 4. The van der Waals surface area contributed by atoms with Crippen LogP contribution in [-0.4, -0.2) is 31.4 Å². The maximum atomic E-state index is 11.9. The summed E-state index contributed by atoms with van der Waals surface area (Å²) in [4.78, 5) is 41.8. The van der Waals surface area contributed by atoms with Crippen molar-refractivity contribution < 1.29 is 29.5 Å². The molecule has 0 heterocycles. The second-order valence-corrected chi connectivity index (χ2v) is 10.4. The molecule has 0 saturated carbocycles. The summed E-state index contributed by atoms with van der Waals surface area (Å²) < 4.78 is 5.43. The van der Waals surface area contributed by atoms with Crippen LogP contribution in [0.25, 0.3) is 10.8 Å². The van der Waals surface area contributed by atoms with Gasteiger partial charge in [0.05, 0.1) is 26.3 Å². The van der Waals surface area contributed by atoms with Gasteiger partial charge in [-0.2, -0.15) is 0 Å². The first-order valence-electron chi connectivity index (χ1n) is 14.7. The molecule has 2 rings (SSSR count). The zero-order valence-corrected chi connectivity index (χ0v) is 24.1. The highest BCUT2D eigenvalue weighted by molar-refractivity contribution is 6.09. The van der Waals surface area contributed by atoms with Crippen LogP contribution >= 0.6 is 0 Å². The number of fused-ring (bicyclic) bond motifs is 1. The maximum Gasteiger partial charge on any atom is 0.392 e. The molecule has 232 valence electrons. The molecule has 0 unspecified atom stereocenters. The number of nitro groups is 4. The van der Waals surface area contributed by atoms with Crippen LogP contribution in [0.2, 0.25) is 0 Å². The van der Waals surface area contributed by atoms with E-state index in [1.165, 1.54) is 64.2 Å². The van der Waals surface area contributed by atoms with E-state index < -0.39 is 64.7 Å². The van der Waals surface area contributed by atoms with Crippen molar-refractivity contribution in [2.45, 2.75) is 110 Å². The maximum absolute atomic E-state index is 11.9. The van der Waals surface area contributed by atoms with E-state index in [2.05, 4.69) is 6.92 Å². The minimum Gasteiger partial charge on any atom is -0.504 e. The Morgan fingerprint density at radius 3 is 1.43 bits per heavy atom. The fourth-order valence-corrected chi connectivity index (χ4v) is 5.12. The van der Waals surface area contributed by atoms with Gasteiger partial charge in [-0.05, 0) is 12.5 Å². The smallest absolute Gasteiger partial charge is 0.392 e. The molecule has 2 aromatic rings. The Kier molecular flexibility index (Phi) is 14.3. The van der Waals surface area contributed by atoms with Crippen molar-refractivity contribution in [2.24, 2.45) is 0 Å². The van der Waals surface area contributed by atoms with E-state index in [0.29, 0.717) is 12.5 Å². The van der Waals surface area contributed by atoms with Crippen LogP contribution in [0.5, 0.6) is 11.5 Å². The third-order valence-electron chi connectivity index (χ3n) is 7.29. The zero-order chi connectivity index (χ0) is 31.1. The highest BCUT2D eigenvalue weighted by atomic mass is 16.7. The van der Waals surface area contributed by atoms with Crippen molar-refractivity contribution in [3.63, 3.8) is 0 Å². The number of ether oxygens (including phenoxy) is 1. The molecule has 42 heavy (non-hydrogen) atoms. The molecule has 0 radical (unpaired) electrons. The third kappa shape index (κ3) is 9.48. The van der Waals surface area contributed by atoms with Crippen LogP contribution in [0.3, 0.4) is 0 Å². The normalized spacial score (nSPS) is 11.1. The molecule has 0 fully saturated rings. The first-order chi connectivity index (χ1) is 20.1. The van der Waals surface area contributed by atoms with E-state index in [0.717, 1.165) is 38.2 Å². The van der Waals surface area contributed by atoms with E-state index in [1.54, 1.807) is 0 Å². The molecule has 0 amide bonds. The molecule has 0 aliphatic heterocycles. The average molecular weight is 593 g/mol. The summed E-state index contributed by atoms with van der Waals surface area (Å²) in [6.45, 7) is 2.13. The SMILES string of the molecule is CCCCCCCCCCCCCCCCCCOc1c([N+](=O)[O-])c([N+](=O)[O-])c2c([N+](=O)[O-])c([N+](=O)[O-])ccc2c1O. The predicted octanol–water partition coefficient (Wildman–Crippen LogP) is 8.82. The van der Waals surface area contributed by atoms with Gasteiger partial charge in [-0.1, -0.05) is 103 Å². The largest absolute Gasteiger partial charge is 0.504 e. The van der Waals surface area contributed by atoms with Crippen molar-refractivity contribution in [2.75, 3.05) is 6.61 Å². The lowest BCUT2D eigenvalue weighted by Crippen LogP contribution is -2.06. The molecule has 0 aromatic heterocycles. The Morgan fingerprint density at radius 2 is 1.02 bits per heavy atom. The third-order valence-corrected chi connectivity index (χ3v) is 7.29. The second kappa shape index (κ2) is 17.7. The summed E-state index contributed by atoms with van der Waals surface area (Å²) >= 11 is 0. The summed E-state index contributed by atoms with van der Waals surface area (Å²) in [5.74, 6) is -1.74. The number of phenols is 1. The van der Waals surface area contributed by atoms with Crippen LogP contribution in [0.4, 0.5) is 22.7 Å². The molecule has 2 aromatic carbocycles. The number of benzene rings is 2. The van der Waals surface area contributed by atoms with E-state index in [4.69, 9.17) is 4.74 Å². The molecule has 14 heteroatoms. The van der Waals surface area contributed by atoms with Gasteiger partial charge in [0.1, 0.15) is 0 Å². The van der Waals surface area contributed by atoms with Gasteiger partial charge >= 0.3 is 22.7 Å². The van der Waals surface area contributed by atoms with Gasteiger partial charge in [0, 0.05) is 11.5 Å². The summed E-state index contributed by atoms with van der Waals surface area (Å²) in [6.07, 6.45) is 18.4. The number of aromatic hydroxyl groups is 1. The fraction of sp³-hybridized carbons (Fsp3) is 0.643. The molecular formula is C28H40N4O10. The first-order valence-corrected chi connectivity index (χ1v) is 14.7. The highest BCUT2D eigenvalue weighted by Gasteiger charge is 2.43. The molecular weight excluding hydrogens is 552 g/mol. The molecule has 0 saturated heterocycles. The Morgan fingerprint density at radius 1 is 0.595 bits per heavy atom. The molecule has 0 aliphatic carbocycles. The van der Waals surface area contributed by atoms with E-state index in [-0.39, 0.29) is 6.61 Å². The minimum absolute atomic E-state index is 0.0927. The number of hydrogen-bond acceptors (Lipinski definition) is 10. The molecule has 1 N–H and O–H groups in total. The number of rotatable bonds is 22. The summed E-state index contributed by atoms with van der Waals surface area (Å²) in [5, 5.41) is 55.8. The van der Waals surface area contributed by atoms with Gasteiger partial charge in [0.2, 0.25) is 5.75 Å². The lowest BCUT2D eigenvalue weighted by Gasteiger charge is -2.12. The first kappa shape index (κ1) is 34.1. The number of unbranched alkanes of at least 4 members (excludes halogenated alkanes) is 15. The summed E-state index contributed by atoms with van der Waals surface area (Å²) in [6, 6.07) is 1.57. The second-order valence-electron chi connectivity index (χ2n) is 10.4. The number of phenolic OH excluding ortho intramolecular Hbond substituents is 1. The number of hydrogen-bond donors (Lipinski definition) is 1. The van der Waals surface area contributed by atoms with Crippen molar-refractivity contribution in [3.05, 3.63) is 52.6 Å². The molecule has 0 aliphatic rings. The van der Waals surface area contributed by atoms with E-state index in [9.17, 15) is 45.6 Å². The Hall–Kier alpha value is -4.10. The molecule has 14 nitrogen and oxygen atoms in total. The quantitative estimate of drug-likeness (QED) is 0.0781. The van der Waals surface area contributed by atoms with Gasteiger partial charge in [0.25, 0.3) is 0 Å². The average Bonchev–Trinajstić information content (AvgIpc) is 2.94. The van der Waals surface area contributed by atoms with Crippen molar-refractivity contribution in [1.29, 1.82) is 0 Å². The molecule has 0 atom stereocenters. The van der Waals surface area contributed by atoms with E-state index >= 15 is 0 Å². The van der Waals surface area contributed by atoms with Crippen LogP contribution in [0.15, 0.2) is 12.1 Å². The summed E-state index contributed by atoms with van der Waals surface area (Å²) in [7, 11) is 0. The van der Waals surface area contributed by atoms with Crippen LogP contribution in [-0.2, 0) is 0 Å². The van der Waals surface area contributed by atoms with Gasteiger partial charge in [-0.25, -0.2) is 0 Å². The van der Waals surface area contributed by atoms with Crippen LogP contribution < -0.4 is 4.74 Å². The van der Waals surface area contributed by atoms with Crippen LogP contribution in [0, 0.1) is 40.5 Å². The fourth-order valence-electron chi connectivity index (χ4n) is 5.12. The van der Waals surface area contributed by atoms with Gasteiger partial charge in [-0.3, -0.25) is 40.5 Å². The lowest BCUT2D eigenvalue weighted by atomic mass is 10.0. The molecule has 0 spiro atoms. The lowest BCUT2D eigenvalue weighted by molar-refractivity contribution is -0.426. The highest BCUT2D eigenvalue weighted by Crippen LogP contribution is 2.53. The Balaban J connectivity index is 1.92. The van der Waals surface area contributed by atoms with Crippen LogP contribution in [0.1, 0.15) is 110 Å². The Bertz CT molecular complexity index is 1250. The van der Waals surface area contributed by atoms with Crippen molar-refractivity contribution >= 4 is 33.5 Å². The topological polar surface area (TPSA) is 202 Å². The number of nitrogens with zero attached hydrogens (tertiary/aromatic N) is 4.